The highest BCUT2D eigenvalue weighted by Crippen LogP contribution is 2.23. The van der Waals surface area contributed by atoms with Crippen LogP contribution < -0.4 is 20.1 Å². The second-order valence-electron chi connectivity index (χ2n) is 6.06. The third-order valence-electron chi connectivity index (χ3n) is 3.93. The summed E-state index contributed by atoms with van der Waals surface area (Å²) in [6.45, 7) is 2.07. The van der Waals surface area contributed by atoms with Gasteiger partial charge in [0.05, 0.1) is 14.2 Å². The second kappa shape index (κ2) is 11.3. The second-order valence-corrected chi connectivity index (χ2v) is 6.06. The molecule has 30 heavy (non-hydrogen) atoms. The van der Waals surface area contributed by atoms with E-state index in [0.717, 1.165) is 0 Å². The Morgan fingerprint density at radius 1 is 1.00 bits per heavy atom. The molecule has 0 unspecified atom stereocenters. The zero-order chi connectivity index (χ0) is 21.9. The molecule has 0 radical (unpaired) electrons. The highest BCUT2D eigenvalue weighted by Gasteiger charge is 2.25. The van der Waals surface area contributed by atoms with Crippen LogP contribution in [0.25, 0.3) is 6.08 Å². The lowest BCUT2D eigenvalue weighted by atomic mass is 10.1. The van der Waals surface area contributed by atoms with Crippen LogP contribution in [-0.4, -0.2) is 38.7 Å². The Morgan fingerprint density at radius 2 is 1.63 bits per heavy atom. The van der Waals surface area contributed by atoms with Crippen molar-refractivity contribution >= 4 is 24.0 Å². The summed E-state index contributed by atoms with van der Waals surface area (Å²) in [6.07, 6.45) is 1.41. The van der Waals surface area contributed by atoms with E-state index in [4.69, 9.17) is 14.2 Å². The van der Waals surface area contributed by atoms with Crippen LogP contribution in [0.15, 0.2) is 54.6 Å². The van der Waals surface area contributed by atoms with Crippen LogP contribution in [0, 0.1) is 0 Å². The van der Waals surface area contributed by atoms with Crippen LogP contribution in [0.5, 0.6) is 11.5 Å². The molecule has 2 N–H and O–H groups in total. The van der Waals surface area contributed by atoms with E-state index in [-0.39, 0.29) is 0 Å². The molecular formula is C22H24N2O6. The molecule has 2 rings (SSSR count). The van der Waals surface area contributed by atoms with Gasteiger partial charge in [0.2, 0.25) is 6.10 Å². The Kier molecular flexibility index (Phi) is 8.43. The lowest BCUT2D eigenvalue weighted by molar-refractivity contribution is -0.151. The van der Waals surface area contributed by atoms with Gasteiger partial charge in [0.1, 0.15) is 11.5 Å². The number of urea groups is 1. The van der Waals surface area contributed by atoms with E-state index >= 15 is 0 Å². The van der Waals surface area contributed by atoms with Crippen molar-refractivity contribution in [2.75, 3.05) is 20.8 Å². The predicted octanol–water partition coefficient (Wildman–Crippen LogP) is 2.85. The molecule has 0 bridgehead atoms. The van der Waals surface area contributed by atoms with Gasteiger partial charge < -0.3 is 19.5 Å². The zero-order valence-electron chi connectivity index (χ0n) is 17.0. The summed E-state index contributed by atoms with van der Waals surface area (Å²) in [4.78, 5) is 36.6. The number of ether oxygens (including phenoxy) is 3. The molecule has 0 aliphatic heterocycles. The maximum absolute atomic E-state index is 12.5. The lowest BCUT2D eigenvalue weighted by Crippen LogP contribution is -2.42. The summed E-state index contributed by atoms with van der Waals surface area (Å²) in [5.74, 6) is -0.384. The third kappa shape index (κ3) is 6.66. The number of methoxy groups -OCH3 is 2. The molecule has 158 valence electrons. The molecule has 1 atom stereocenters. The van der Waals surface area contributed by atoms with Crippen molar-refractivity contribution in [1.29, 1.82) is 0 Å². The Morgan fingerprint density at radius 3 is 2.20 bits per heavy atom. The van der Waals surface area contributed by atoms with Crippen molar-refractivity contribution < 1.29 is 28.6 Å². The number of rotatable bonds is 8. The van der Waals surface area contributed by atoms with Crippen LogP contribution in [0.3, 0.4) is 0 Å². The first-order chi connectivity index (χ1) is 14.5. The smallest absolute Gasteiger partial charge is 0.331 e. The molecule has 0 saturated heterocycles. The van der Waals surface area contributed by atoms with Crippen molar-refractivity contribution in [3.05, 3.63) is 65.7 Å². The molecule has 2 aromatic rings. The summed E-state index contributed by atoms with van der Waals surface area (Å²) in [5, 5.41) is 4.62. The van der Waals surface area contributed by atoms with Gasteiger partial charge in [-0.1, -0.05) is 30.3 Å². The van der Waals surface area contributed by atoms with E-state index in [9.17, 15) is 14.4 Å². The van der Waals surface area contributed by atoms with Crippen LogP contribution in [-0.2, 0) is 14.3 Å². The monoisotopic (exact) mass is 412 g/mol. The predicted molar refractivity (Wildman–Crippen MR) is 111 cm³/mol. The fourth-order valence-corrected chi connectivity index (χ4v) is 2.53. The molecule has 0 saturated carbocycles. The SMILES string of the molecule is CCNC(=O)NC(=O)[C@H](OC(=O)/C=C/c1cc(OC)cc(OC)c1)c1ccccc1. The van der Waals surface area contributed by atoms with Gasteiger partial charge in [-0.05, 0) is 30.7 Å². The third-order valence-corrected chi connectivity index (χ3v) is 3.93. The molecular weight excluding hydrogens is 388 g/mol. The standard InChI is InChI=1S/C22H24N2O6/c1-4-23-22(27)24-21(26)20(16-8-6-5-7-9-16)30-19(25)11-10-15-12-17(28-2)14-18(13-15)29-3/h5-14,20H,4H2,1-3H3,(H2,23,24,26,27)/b11-10+/t20-/m1/s1. The summed E-state index contributed by atoms with van der Waals surface area (Å²) < 4.78 is 15.7. The Labute approximate surface area is 174 Å². The first-order valence-electron chi connectivity index (χ1n) is 9.22. The van der Waals surface area contributed by atoms with Gasteiger partial charge in [-0.15, -0.1) is 0 Å². The molecule has 0 aromatic heterocycles. The summed E-state index contributed by atoms with van der Waals surface area (Å²) in [6, 6.07) is 12.9. The number of imide groups is 1. The molecule has 8 heteroatoms. The zero-order valence-corrected chi connectivity index (χ0v) is 17.0. The van der Waals surface area contributed by atoms with Gasteiger partial charge in [-0.2, -0.15) is 0 Å². The minimum Gasteiger partial charge on any atom is -0.497 e. The molecule has 0 aliphatic carbocycles. The van der Waals surface area contributed by atoms with E-state index in [2.05, 4.69) is 10.6 Å². The van der Waals surface area contributed by atoms with Gasteiger partial charge in [0, 0.05) is 24.3 Å². The molecule has 2 aromatic carbocycles. The maximum atomic E-state index is 12.5. The molecule has 0 heterocycles. The largest absolute Gasteiger partial charge is 0.497 e. The van der Waals surface area contributed by atoms with Crippen LogP contribution in [0.1, 0.15) is 24.2 Å². The van der Waals surface area contributed by atoms with Crippen molar-refractivity contribution in [3.8, 4) is 11.5 Å². The number of carbonyl (C=O) groups excluding carboxylic acids is 3. The number of nitrogens with one attached hydrogen (secondary N) is 2. The van der Waals surface area contributed by atoms with E-state index in [1.54, 1.807) is 55.5 Å². The van der Waals surface area contributed by atoms with Crippen molar-refractivity contribution in [1.82, 2.24) is 10.6 Å². The summed E-state index contributed by atoms with van der Waals surface area (Å²) in [5.41, 5.74) is 1.08. The average molecular weight is 412 g/mol. The highest BCUT2D eigenvalue weighted by molar-refractivity contribution is 5.98. The molecule has 0 spiro atoms. The van der Waals surface area contributed by atoms with E-state index in [1.807, 2.05) is 0 Å². The van der Waals surface area contributed by atoms with E-state index in [0.29, 0.717) is 29.2 Å². The minimum atomic E-state index is -1.29. The van der Waals surface area contributed by atoms with Crippen molar-refractivity contribution in [2.24, 2.45) is 0 Å². The lowest BCUT2D eigenvalue weighted by Gasteiger charge is -2.16. The first kappa shape index (κ1) is 22.5. The van der Waals surface area contributed by atoms with Crippen LogP contribution in [0.2, 0.25) is 0 Å². The van der Waals surface area contributed by atoms with Gasteiger partial charge >= 0.3 is 12.0 Å². The Hall–Kier alpha value is -3.81. The topological polar surface area (TPSA) is 103 Å². The number of amides is 3. The van der Waals surface area contributed by atoms with Gasteiger partial charge in [-0.25, -0.2) is 9.59 Å². The fourth-order valence-electron chi connectivity index (χ4n) is 2.53. The Bertz CT molecular complexity index is 889. The number of hydrogen-bond donors (Lipinski definition) is 2. The normalized spacial score (nSPS) is 11.4. The highest BCUT2D eigenvalue weighted by atomic mass is 16.5. The van der Waals surface area contributed by atoms with Crippen LogP contribution in [0.4, 0.5) is 4.79 Å². The van der Waals surface area contributed by atoms with Gasteiger partial charge in [0.25, 0.3) is 5.91 Å². The number of carbonyl (C=O) groups is 3. The molecule has 8 nitrogen and oxygen atoms in total. The molecule has 0 aliphatic rings. The summed E-state index contributed by atoms with van der Waals surface area (Å²) >= 11 is 0. The molecule has 3 amide bonds. The number of hydrogen-bond acceptors (Lipinski definition) is 6. The van der Waals surface area contributed by atoms with E-state index < -0.39 is 24.0 Å². The first-order valence-corrected chi connectivity index (χ1v) is 9.22. The quantitative estimate of drug-likeness (QED) is 0.511. The number of benzene rings is 2. The summed E-state index contributed by atoms with van der Waals surface area (Å²) in [7, 11) is 3.04. The fraction of sp³-hybridized carbons (Fsp3) is 0.227. The minimum absolute atomic E-state index is 0.349. The van der Waals surface area contributed by atoms with Crippen molar-refractivity contribution in [3.63, 3.8) is 0 Å². The molecule has 0 fully saturated rings. The van der Waals surface area contributed by atoms with Crippen molar-refractivity contribution in [2.45, 2.75) is 13.0 Å². The number of esters is 1. The average Bonchev–Trinajstić information content (AvgIpc) is 2.76. The van der Waals surface area contributed by atoms with Gasteiger partial charge in [-0.3, -0.25) is 10.1 Å². The Balaban J connectivity index is 2.17. The van der Waals surface area contributed by atoms with E-state index in [1.165, 1.54) is 26.4 Å². The van der Waals surface area contributed by atoms with Gasteiger partial charge in [0.15, 0.2) is 0 Å². The van der Waals surface area contributed by atoms with Crippen LogP contribution >= 0.6 is 0 Å². The maximum Gasteiger partial charge on any atom is 0.331 e.